The smallest absolute Gasteiger partial charge is 0.220 e. The maximum absolute atomic E-state index is 12.1. The second-order valence-corrected chi connectivity index (χ2v) is 5.76. The number of nitrogens with one attached hydrogen (secondary N) is 2. The van der Waals surface area contributed by atoms with Gasteiger partial charge in [0.05, 0.1) is 0 Å². The van der Waals surface area contributed by atoms with Crippen LogP contribution < -0.4 is 10.6 Å². The third-order valence-corrected chi connectivity index (χ3v) is 4.15. The largest absolute Gasteiger partial charge is 0.353 e. The first kappa shape index (κ1) is 18.7. The summed E-state index contributed by atoms with van der Waals surface area (Å²) in [5, 5.41) is 6.60. The van der Waals surface area contributed by atoms with Crippen LogP contribution in [0.3, 0.4) is 0 Å². The van der Waals surface area contributed by atoms with Crippen LogP contribution in [0, 0.1) is 11.8 Å². The molecular formula is C15H31ClN2O. The molecule has 0 bridgehead atoms. The summed E-state index contributed by atoms with van der Waals surface area (Å²) in [4.78, 5) is 12.1. The molecule has 0 radical (unpaired) electrons. The van der Waals surface area contributed by atoms with E-state index in [1.165, 1.54) is 19.3 Å². The molecule has 0 spiro atoms. The van der Waals surface area contributed by atoms with Gasteiger partial charge in [-0.25, -0.2) is 0 Å². The molecule has 3 nitrogen and oxygen atoms in total. The zero-order valence-electron chi connectivity index (χ0n) is 12.7. The summed E-state index contributed by atoms with van der Waals surface area (Å²) in [7, 11) is 0. The van der Waals surface area contributed by atoms with Crippen LogP contribution >= 0.6 is 12.4 Å². The molecule has 0 aliphatic carbocycles. The normalized spacial score (nSPS) is 24.4. The molecule has 4 heteroatoms. The number of rotatable bonds is 7. The highest BCUT2D eigenvalue weighted by molar-refractivity contribution is 5.85. The Balaban J connectivity index is 0.00000324. The second kappa shape index (κ2) is 10.5. The molecular weight excluding hydrogens is 260 g/mol. The summed E-state index contributed by atoms with van der Waals surface area (Å²) in [6, 6.07) is 0.377. The molecule has 1 saturated heterocycles. The number of carbonyl (C=O) groups is 1. The molecule has 0 aromatic carbocycles. The van der Waals surface area contributed by atoms with E-state index in [1.807, 2.05) is 0 Å². The number of unbranched alkanes of at least 4 members (excludes halogenated alkanes) is 1. The van der Waals surface area contributed by atoms with Gasteiger partial charge in [-0.1, -0.05) is 40.0 Å². The van der Waals surface area contributed by atoms with Gasteiger partial charge in [-0.3, -0.25) is 4.79 Å². The Bertz CT molecular complexity index is 248. The molecule has 3 atom stereocenters. The molecule has 0 saturated carbocycles. The summed E-state index contributed by atoms with van der Waals surface area (Å²) < 4.78 is 0. The lowest BCUT2D eigenvalue weighted by atomic mass is 9.93. The minimum atomic E-state index is 0. The third kappa shape index (κ3) is 7.17. The number of carbonyl (C=O) groups excluding carboxylic acids is 1. The van der Waals surface area contributed by atoms with Gasteiger partial charge >= 0.3 is 0 Å². The van der Waals surface area contributed by atoms with Gasteiger partial charge in [-0.05, 0) is 37.8 Å². The van der Waals surface area contributed by atoms with Crippen molar-refractivity contribution in [1.29, 1.82) is 0 Å². The lowest BCUT2D eigenvalue weighted by Crippen LogP contribution is -2.48. The van der Waals surface area contributed by atoms with E-state index in [0.717, 1.165) is 25.9 Å². The monoisotopic (exact) mass is 290 g/mol. The van der Waals surface area contributed by atoms with E-state index in [0.29, 0.717) is 24.3 Å². The van der Waals surface area contributed by atoms with Crippen molar-refractivity contribution in [1.82, 2.24) is 10.6 Å². The summed E-state index contributed by atoms with van der Waals surface area (Å²) in [5.74, 6) is 1.39. The summed E-state index contributed by atoms with van der Waals surface area (Å²) >= 11 is 0. The minimum Gasteiger partial charge on any atom is -0.353 e. The fourth-order valence-corrected chi connectivity index (χ4v) is 2.70. The Labute approximate surface area is 124 Å². The van der Waals surface area contributed by atoms with Crippen molar-refractivity contribution in [3.05, 3.63) is 0 Å². The predicted octanol–water partition coefficient (Wildman–Crippen LogP) is 3.13. The van der Waals surface area contributed by atoms with Gasteiger partial charge < -0.3 is 10.6 Å². The predicted molar refractivity (Wildman–Crippen MR) is 83.8 cm³/mol. The molecule has 1 heterocycles. The summed E-state index contributed by atoms with van der Waals surface area (Å²) in [5.41, 5.74) is 0. The van der Waals surface area contributed by atoms with Gasteiger partial charge in [0.2, 0.25) is 5.91 Å². The quantitative estimate of drug-likeness (QED) is 0.756. The first-order valence-corrected chi connectivity index (χ1v) is 7.67. The van der Waals surface area contributed by atoms with Crippen molar-refractivity contribution in [3.63, 3.8) is 0 Å². The lowest BCUT2D eigenvalue weighted by molar-refractivity contribution is -0.123. The molecule has 1 amide bonds. The standard InChI is InChI=1S/C15H30N2O.ClH/c1-4-6-7-13(5-2)10-15(18)17-14-8-9-16-11-12(14)3;/h12-14,16H,4-11H2,1-3H3,(H,17,18);1H. The van der Waals surface area contributed by atoms with Crippen LogP contribution in [0.4, 0.5) is 0 Å². The Morgan fingerprint density at radius 1 is 1.42 bits per heavy atom. The van der Waals surface area contributed by atoms with Crippen LogP contribution in [0.15, 0.2) is 0 Å². The minimum absolute atomic E-state index is 0. The van der Waals surface area contributed by atoms with Crippen LogP contribution in [0.25, 0.3) is 0 Å². The van der Waals surface area contributed by atoms with Crippen molar-refractivity contribution >= 4 is 18.3 Å². The molecule has 0 aromatic heterocycles. The highest BCUT2D eigenvalue weighted by Crippen LogP contribution is 2.17. The number of piperidine rings is 1. The summed E-state index contributed by atoms with van der Waals surface area (Å²) in [6.07, 6.45) is 6.57. The number of amides is 1. The summed E-state index contributed by atoms with van der Waals surface area (Å²) in [6.45, 7) is 8.68. The van der Waals surface area contributed by atoms with Crippen LogP contribution in [0.5, 0.6) is 0 Å². The van der Waals surface area contributed by atoms with Gasteiger partial charge in [-0.2, -0.15) is 0 Å². The van der Waals surface area contributed by atoms with Crippen molar-refractivity contribution in [3.8, 4) is 0 Å². The van der Waals surface area contributed by atoms with Crippen molar-refractivity contribution < 1.29 is 4.79 Å². The Hall–Kier alpha value is -0.280. The SMILES string of the molecule is CCCCC(CC)CC(=O)NC1CCNCC1C.Cl. The molecule has 114 valence electrons. The maximum atomic E-state index is 12.1. The van der Waals surface area contributed by atoms with Crippen molar-refractivity contribution in [2.24, 2.45) is 11.8 Å². The van der Waals surface area contributed by atoms with E-state index >= 15 is 0 Å². The first-order chi connectivity index (χ1) is 8.67. The molecule has 2 N–H and O–H groups in total. The molecule has 3 unspecified atom stereocenters. The number of hydrogen-bond acceptors (Lipinski definition) is 2. The molecule has 1 aliphatic rings. The first-order valence-electron chi connectivity index (χ1n) is 7.67. The molecule has 1 rings (SSSR count). The zero-order valence-corrected chi connectivity index (χ0v) is 13.5. The van der Waals surface area contributed by atoms with Crippen molar-refractivity contribution in [2.75, 3.05) is 13.1 Å². The van der Waals surface area contributed by atoms with Crippen molar-refractivity contribution in [2.45, 2.75) is 65.3 Å². The Morgan fingerprint density at radius 3 is 2.74 bits per heavy atom. The highest BCUT2D eigenvalue weighted by Gasteiger charge is 2.23. The van der Waals surface area contributed by atoms with E-state index in [9.17, 15) is 4.79 Å². The van der Waals surface area contributed by atoms with Crippen LogP contribution in [0.1, 0.15) is 59.3 Å². The van der Waals surface area contributed by atoms with Gasteiger partial charge in [0, 0.05) is 12.5 Å². The average Bonchev–Trinajstić information content (AvgIpc) is 2.37. The van der Waals surface area contributed by atoms with Gasteiger partial charge in [0.25, 0.3) is 0 Å². The molecule has 1 fully saturated rings. The van der Waals surface area contributed by atoms with Gasteiger partial charge in [0.15, 0.2) is 0 Å². The van der Waals surface area contributed by atoms with E-state index in [1.54, 1.807) is 0 Å². The maximum Gasteiger partial charge on any atom is 0.220 e. The highest BCUT2D eigenvalue weighted by atomic mass is 35.5. The fourth-order valence-electron chi connectivity index (χ4n) is 2.70. The van der Waals surface area contributed by atoms with E-state index < -0.39 is 0 Å². The van der Waals surface area contributed by atoms with Crippen LogP contribution in [-0.4, -0.2) is 25.0 Å². The van der Waals surface area contributed by atoms with Crippen LogP contribution in [-0.2, 0) is 4.79 Å². The molecule has 0 aromatic rings. The van der Waals surface area contributed by atoms with E-state index in [-0.39, 0.29) is 18.3 Å². The van der Waals surface area contributed by atoms with Crippen LogP contribution in [0.2, 0.25) is 0 Å². The lowest BCUT2D eigenvalue weighted by Gasteiger charge is -2.30. The fraction of sp³-hybridized carbons (Fsp3) is 0.933. The van der Waals surface area contributed by atoms with E-state index in [4.69, 9.17) is 0 Å². The molecule has 19 heavy (non-hydrogen) atoms. The topological polar surface area (TPSA) is 41.1 Å². The third-order valence-electron chi connectivity index (χ3n) is 4.15. The van der Waals surface area contributed by atoms with E-state index in [2.05, 4.69) is 31.4 Å². The Kier molecular flexibility index (Phi) is 10.3. The second-order valence-electron chi connectivity index (χ2n) is 5.76. The van der Waals surface area contributed by atoms with Gasteiger partial charge in [-0.15, -0.1) is 12.4 Å². The number of halogens is 1. The average molecular weight is 291 g/mol. The molecule has 1 aliphatic heterocycles. The van der Waals surface area contributed by atoms with Gasteiger partial charge in [0.1, 0.15) is 0 Å². The Morgan fingerprint density at radius 2 is 2.16 bits per heavy atom. The number of hydrogen-bond donors (Lipinski definition) is 2. The zero-order chi connectivity index (χ0) is 13.4.